The summed E-state index contributed by atoms with van der Waals surface area (Å²) in [5.74, 6) is 0.844. The quantitative estimate of drug-likeness (QED) is 0.242. The molecule has 5 aromatic rings. The summed E-state index contributed by atoms with van der Waals surface area (Å²) in [6.07, 6.45) is 0.957. The SMILES string of the molecule is CCc1cc(CN)c(Cn2c3ccc(C)cc3c3cc(Nc4ccc(OC)cc4)ccc32)cc1CN. The topological polar surface area (TPSA) is 78.2 Å². The van der Waals surface area contributed by atoms with Gasteiger partial charge in [-0.15, -0.1) is 0 Å². The van der Waals surface area contributed by atoms with E-state index in [2.05, 4.69) is 72.3 Å². The highest BCUT2D eigenvalue weighted by molar-refractivity contribution is 6.09. The van der Waals surface area contributed by atoms with Gasteiger partial charge in [-0.05, 0) is 90.2 Å². The third kappa shape index (κ3) is 4.43. The summed E-state index contributed by atoms with van der Waals surface area (Å²) in [5, 5.41) is 6.02. The lowest BCUT2D eigenvalue weighted by Gasteiger charge is -2.16. The summed E-state index contributed by atoms with van der Waals surface area (Å²) in [4.78, 5) is 0. The van der Waals surface area contributed by atoms with Crippen LogP contribution in [0.25, 0.3) is 21.8 Å². The molecular weight excluding hydrogens is 444 g/mol. The lowest BCUT2D eigenvalue weighted by Crippen LogP contribution is -2.11. The lowest BCUT2D eigenvalue weighted by molar-refractivity contribution is 0.415. The maximum Gasteiger partial charge on any atom is 0.119 e. The van der Waals surface area contributed by atoms with Gasteiger partial charge in [0.1, 0.15) is 5.75 Å². The second kappa shape index (κ2) is 10.1. The van der Waals surface area contributed by atoms with E-state index in [0.29, 0.717) is 13.1 Å². The zero-order valence-corrected chi connectivity index (χ0v) is 21.3. The van der Waals surface area contributed by atoms with Gasteiger partial charge in [-0.3, -0.25) is 0 Å². The average Bonchev–Trinajstić information content (AvgIpc) is 3.20. The van der Waals surface area contributed by atoms with E-state index in [4.69, 9.17) is 16.2 Å². The molecule has 1 aromatic heterocycles. The average molecular weight is 479 g/mol. The van der Waals surface area contributed by atoms with Crippen LogP contribution in [0.2, 0.25) is 0 Å². The highest BCUT2D eigenvalue weighted by Gasteiger charge is 2.15. The molecule has 0 bridgehead atoms. The van der Waals surface area contributed by atoms with Crippen molar-refractivity contribution in [2.24, 2.45) is 11.5 Å². The van der Waals surface area contributed by atoms with Crippen molar-refractivity contribution >= 4 is 33.2 Å². The third-order valence-corrected chi connectivity index (χ3v) is 7.07. The molecule has 0 aliphatic heterocycles. The monoisotopic (exact) mass is 478 g/mol. The Morgan fingerprint density at radius 3 is 2.00 bits per heavy atom. The summed E-state index contributed by atoms with van der Waals surface area (Å²) in [6, 6.07) is 25.8. The molecule has 5 N–H and O–H groups in total. The molecule has 5 rings (SSSR count). The molecule has 0 aliphatic rings. The summed E-state index contributed by atoms with van der Waals surface area (Å²) in [6.45, 7) is 6.11. The molecule has 0 atom stereocenters. The molecule has 184 valence electrons. The van der Waals surface area contributed by atoms with Crippen LogP contribution in [0.4, 0.5) is 11.4 Å². The number of rotatable bonds is 8. The Kier molecular flexibility index (Phi) is 6.68. The molecule has 0 radical (unpaired) electrons. The molecule has 4 aromatic carbocycles. The summed E-state index contributed by atoms with van der Waals surface area (Å²) >= 11 is 0. The minimum absolute atomic E-state index is 0.513. The number of nitrogens with two attached hydrogens (primary N) is 2. The van der Waals surface area contributed by atoms with Gasteiger partial charge >= 0.3 is 0 Å². The first-order valence-corrected chi connectivity index (χ1v) is 12.5. The molecule has 36 heavy (non-hydrogen) atoms. The second-order valence-electron chi connectivity index (χ2n) is 9.34. The van der Waals surface area contributed by atoms with E-state index in [1.807, 2.05) is 24.3 Å². The van der Waals surface area contributed by atoms with E-state index < -0.39 is 0 Å². The van der Waals surface area contributed by atoms with Crippen molar-refractivity contribution in [1.82, 2.24) is 4.57 Å². The molecule has 0 saturated heterocycles. The zero-order chi connectivity index (χ0) is 25.2. The molecule has 0 fully saturated rings. The summed E-state index contributed by atoms with van der Waals surface area (Å²) in [5.41, 5.74) is 22.9. The Hall–Kier alpha value is -3.80. The predicted molar refractivity (Wildman–Crippen MR) is 151 cm³/mol. The van der Waals surface area contributed by atoms with Crippen molar-refractivity contribution in [3.8, 4) is 5.75 Å². The number of hydrogen-bond acceptors (Lipinski definition) is 4. The smallest absolute Gasteiger partial charge is 0.119 e. The van der Waals surface area contributed by atoms with Crippen molar-refractivity contribution in [2.75, 3.05) is 12.4 Å². The molecule has 5 heteroatoms. The fourth-order valence-electron chi connectivity index (χ4n) is 5.13. The van der Waals surface area contributed by atoms with Gasteiger partial charge in [0, 0.05) is 52.8 Å². The van der Waals surface area contributed by atoms with E-state index in [1.54, 1.807) is 7.11 Å². The van der Waals surface area contributed by atoms with Crippen LogP contribution in [0.1, 0.15) is 34.7 Å². The summed E-state index contributed by atoms with van der Waals surface area (Å²) < 4.78 is 7.69. The fraction of sp³-hybridized carbons (Fsp3) is 0.226. The molecule has 0 unspecified atom stereocenters. The standard InChI is InChI=1S/C31H34N4O/c1-4-21-14-23(18-33)24(15-22(21)17-32)19-35-30-11-5-20(2)13-28(30)29-16-26(8-12-31(29)35)34-25-6-9-27(36-3)10-7-25/h5-16,34H,4,17-19,32-33H2,1-3H3. The van der Waals surface area contributed by atoms with Gasteiger partial charge in [0.15, 0.2) is 0 Å². The third-order valence-electron chi connectivity index (χ3n) is 7.07. The highest BCUT2D eigenvalue weighted by atomic mass is 16.5. The number of ether oxygens (including phenoxy) is 1. The van der Waals surface area contributed by atoms with E-state index in [0.717, 1.165) is 30.1 Å². The largest absolute Gasteiger partial charge is 0.497 e. The first-order valence-electron chi connectivity index (χ1n) is 12.5. The van der Waals surface area contributed by atoms with Crippen molar-refractivity contribution in [2.45, 2.75) is 39.9 Å². The van der Waals surface area contributed by atoms with Crippen molar-refractivity contribution in [1.29, 1.82) is 0 Å². The van der Waals surface area contributed by atoms with E-state index >= 15 is 0 Å². The van der Waals surface area contributed by atoms with Crippen LogP contribution in [-0.2, 0) is 26.1 Å². The number of nitrogens with zero attached hydrogens (tertiary/aromatic N) is 1. The minimum atomic E-state index is 0.513. The first-order chi connectivity index (χ1) is 17.5. The van der Waals surface area contributed by atoms with E-state index in [1.165, 1.54) is 49.6 Å². The van der Waals surface area contributed by atoms with Crippen LogP contribution in [0, 0.1) is 6.92 Å². The number of benzene rings is 4. The Morgan fingerprint density at radius 2 is 1.33 bits per heavy atom. The van der Waals surface area contributed by atoms with Crippen LogP contribution in [0.3, 0.4) is 0 Å². The molecule has 0 aliphatic carbocycles. The number of methoxy groups -OCH3 is 1. The molecule has 1 heterocycles. The number of anilines is 2. The molecule has 5 nitrogen and oxygen atoms in total. The number of aromatic nitrogens is 1. The van der Waals surface area contributed by atoms with Gasteiger partial charge in [-0.1, -0.05) is 30.7 Å². The maximum atomic E-state index is 6.19. The highest BCUT2D eigenvalue weighted by Crippen LogP contribution is 2.34. The molecule has 0 saturated carbocycles. The predicted octanol–water partition coefficient (Wildman–Crippen LogP) is 6.38. The normalized spacial score (nSPS) is 11.4. The maximum absolute atomic E-state index is 6.19. The Morgan fingerprint density at radius 1 is 0.722 bits per heavy atom. The number of hydrogen-bond donors (Lipinski definition) is 3. The van der Waals surface area contributed by atoms with E-state index in [-0.39, 0.29) is 0 Å². The first kappa shape index (κ1) is 23.9. The van der Waals surface area contributed by atoms with Gasteiger partial charge in [0.25, 0.3) is 0 Å². The fourth-order valence-corrected chi connectivity index (χ4v) is 5.13. The van der Waals surface area contributed by atoms with Crippen LogP contribution in [0.15, 0.2) is 72.8 Å². The van der Waals surface area contributed by atoms with E-state index in [9.17, 15) is 0 Å². The Balaban J connectivity index is 1.61. The number of aryl methyl sites for hydroxylation is 2. The van der Waals surface area contributed by atoms with Crippen molar-refractivity contribution in [3.05, 3.63) is 101 Å². The van der Waals surface area contributed by atoms with Crippen LogP contribution in [0.5, 0.6) is 5.75 Å². The number of fused-ring (bicyclic) bond motifs is 3. The second-order valence-corrected chi connectivity index (χ2v) is 9.34. The molecule has 0 amide bonds. The Labute approximate surface area is 212 Å². The van der Waals surface area contributed by atoms with Gasteiger partial charge < -0.3 is 26.1 Å². The van der Waals surface area contributed by atoms with Gasteiger partial charge in [0.05, 0.1) is 7.11 Å². The van der Waals surface area contributed by atoms with Crippen molar-refractivity contribution in [3.63, 3.8) is 0 Å². The zero-order valence-electron chi connectivity index (χ0n) is 21.3. The molecule has 0 spiro atoms. The number of nitrogens with one attached hydrogen (secondary N) is 1. The van der Waals surface area contributed by atoms with Crippen molar-refractivity contribution < 1.29 is 4.74 Å². The van der Waals surface area contributed by atoms with Gasteiger partial charge in [0.2, 0.25) is 0 Å². The van der Waals surface area contributed by atoms with Crippen LogP contribution >= 0.6 is 0 Å². The van der Waals surface area contributed by atoms with Gasteiger partial charge in [-0.2, -0.15) is 0 Å². The Bertz CT molecular complexity index is 1530. The minimum Gasteiger partial charge on any atom is -0.497 e. The van der Waals surface area contributed by atoms with Crippen LogP contribution < -0.4 is 21.5 Å². The molecular formula is C31H34N4O. The van der Waals surface area contributed by atoms with Crippen LogP contribution in [-0.4, -0.2) is 11.7 Å². The summed E-state index contributed by atoms with van der Waals surface area (Å²) in [7, 11) is 1.68. The lowest BCUT2D eigenvalue weighted by atomic mass is 9.96. The van der Waals surface area contributed by atoms with Gasteiger partial charge in [-0.25, -0.2) is 0 Å².